The second kappa shape index (κ2) is 2.61. The first-order valence-electron chi connectivity index (χ1n) is 2.88. The van der Waals surface area contributed by atoms with Gasteiger partial charge in [-0.2, -0.15) is 11.8 Å². The number of alkyl halides is 1. The standard InChI is InChI=1S/C6H11BrS/c1-8-5-6(4-7)2-3-6/h2-5H2,1H3. The number of hydrogen-bond donors (Lipinski definition) is 0. The summed E-state index contributed by atoms with van der Waals surface area (Å²) in [6, 6.07) is 0. The van der Waals surface area contributed by atoms with Crippen LogP contribution in [0.5, 0.6) is 0 Å². The summed E-state index contributed by atoms with van der Waals surface area (Å²) >= 11 is 5.49. The Bertz CT molecular complexity index is 78.6. The van der Waals surface area contributed by atoms with Gasteiger partial charge in [0.05, 0.1) is 0 Å². The summed E-state index contributed by atoms with van der Waals surface area (Å²) in [6.45, 7) is 0. The summed E-state index contributed by atoms with van der Waals surface area (Å²) in [5.74, 6) is 1.35. The molecular weight excluding hydrogens is 184 g/mol. The molecule has 0 atom stereocenters. The van der Waals surface area contributed by atoms with Crippen molar-refractivity contribution in [2.24, 2.45) is 5.41 Å². The summed E-state index contributed by atoms with van der Waals surface area (Å²) in [7, 11) is 0. The predicted molar refractivity (Wildman–Crippen MR) is 43.8 cm³/mol. The fraction of sp³-hybridized carbons (Fsp3) is 1.00. The summed E-state index contributed by atoms with van der Waals surface area (Å²) in [6.07, 6.45) is 5.07. The first kappa shape index (κ1) is 6.94. The molecule has 2 heteroatoms. The molecule has 0 aromatic rings. The van der Waals surface area contributed by atoms with E-state index in [1.165, 1.54) is 23.9 Å². The average Bonchev–Trinajstić information content (AvgIpc) is 2.50. The minimum absolute atomic E-state index is 0.722. The monoisotopic (exact) mass is 194 g/mol. The third-order valence-corrected chi connectivity index (χ3v) is 3.78. The number of hydrogen-bond acceptors (Lipinski definition) is 1. The van der Waals surface area contributed by atoms with Crippen LogP contribution in [0.15, 0.2) is 0 Å². The predicted octanol–water partition coefficient (Wildman–Crippen LogP) is 2.52. The van der Waals surface area contributed by atoms with Crippen molar-refractivity contribution in [1.29, 1.82) is 0 Å². The Hall–Kier alpha value is 0.830. The molecule has 1 rings (SSSR count). The molecule has 0 aromatic carbocycles. The maximum Gasteiger partial charge on any atom is 0.00958 e. The molecule has 0 nitrogen and oxygen atoms in total. The molecule has 0 heterocycles. The van der Waals surface area contributed by atoms with E-state index in [-0.39, 0.29) is 0 Å². The highest BCUT2D eigenvalue weighted by Gasteiger charge is 2.40. The van der Waals surface area contributed by atoms with Crippen LogP contribution in [0.2, 0.25) is 0 Å². The van der Waals surface area contributed by atoms with Gasteiger partial charge in [-0.15, -0.1) is 0 Å². The molecule has 0 amide bonds. The molecule has 0 radical (unpaired) electrons. The molecule has 8 heavy (non-hydrogen) atoms. The Labute approximate surface area is 63.5 Å². The average molecular weight is 195 g/mol. The molecule has 0 saturated heterocycles. The maximum absolute atomic E-state index is 3.52. The Kier molecular flexibility index (Phi) is 2.27. The highest BCUT2D eigenvalue weighted by atomic mass is 79.9. The van der Waals surface area contributed by atoms with Crippen molar-refractivity contribution in [2.75, 3.05) is 17.3 Å². The van der Waals surface area contributed by atoms with E-state index >= 15 is 0 Å². The van der Waals surface area contributed by atoms with Crippen LogP contribution in [0.3, 0.4) is 0 Å². The Balaban J connectivity index is 2.20. The van der Waals surface area contributed by atoms with Gasteiger partial charge in [-0.05, 0) is 30.3 Å². The van der Waals surface area contributed by atoms with Gasteiger partial charge in [0.1, 0.15) is 0 Å². The molecule has 0 N–H and O–H groups in total. The zero-order chi connectivity index (χ0) is 6.04. The molecule has 0 spiro atoms. The first-order valence-corrected chi connectivity index (χ1v) is 5.39. The third-order valence-electron chi connectivity index (χ3n) is 1.69. The Morgan fingerprint density at radius 3 is 2.38 bits per heavy atom. The number of rotatable bonds is 3. The summed E-state index contributed by atoms with van der Waals surface area (Å²) in [5, 5.41) is 1.21. The van der Waals surface area contributed by atoms with Crippen molar-refractivity contribution in [3.8, 4) is 0 Å². The molecule has 48 valence electrons. The molecule has 0 bridgehead atoms. The van der Waals surface area contributed by atoms with Crippen LogP contribution in [-0.4, -0.2) is 17.3 Å². The van der Waals surface area contributed by atoms with Gasteiger partial charge in [0.25, 0.3) is 0 Å². The number of thioether (sulfide) groups is 1. The van der Waals surface area contributed by atoms with Gasteiger partial charge in [0, 0.05) is 5.33 Å². The fourth-order valence-corrected chi connectivity index (χ4v) is 2.82. The molecule has 1 saturated carbocycles. The van der Waals surface area contributed by atoms with Gasteiger partial charge in [0.15, 0.2) is 0 Å². The molecule has 0 aliphatic heterocycles. The summed E-state index contributed by atoms with van der Waals surface area (Å²) in [5.41, 5.74) is 0.722. The molecule has 0 unspecified atom stereocenters. The number of halogens is 1. The van der Waals surface area contributed by atoms with Gasteiger partial charge in [-0.1, -0.05) is 15.9 Å². The largest absolute Gasteiger partial charge is 0.165 e. The zero-order valence-electron chi connectivity index (χ0n) is 5.11. The lowest BCUT2D eigenvalue weighted by Gasteiger charge is -2.06. The van der Waals surface area contributed by atoms with Crippen LogP contribution in [0.25, 0.3) is 0 Å². The minimum atomic E-state index is 0.722. The van der Waals surface area contributed by atoms with Crippen molar-refractivity contribution in [3.05, 3.63) is 0 Å². The molecular formula is C6H11BrS. The second-order valence-electron chi connectivity index (χ2n) is 2.57. The smallest absolute Gasteiger partial charge is 0.00958 e. The van der Waals surface area contributed by atoms with Crippen LogP contribution in [0, 0.1) is 5.41 Å². The zero-order valence-corrected chi connectivity index (χ0v) is 7.52. The summed E-state index contributed by atoms with van der Waals surface area (Å²) < 4.78 is 0. The van der Waals surface area contributed by atoms with Gasteiger partial charge < -0.3 is 0 Å². The lowest BCUT2D eigenvalue weighted by Crippen LogP contribution is -2.03. The molecule has 1 aliphatic carbocycles. The SMILES string of the molecule is CSCC1(CBr)CC1. The van der Waals surface area contributed by atoms with Gasteiger partial charge in [0.2, 0.25) is 0 Å². The van der Waals surface area contributed by atoms with Crippen LogP contribution < -0.4 is 0 Å². The van der Waals surface area contributed by atoms with E-state index in [1.54, 1.807) is 0 Å². The van der Waals surface area contributed by atoms with Crippen LogP contribution in [0.1, 0.15) is 12.8 Å². The Morgan fingerprint density at radius 2 is 2.25 bits per heavy atom. The minimum Gasteiger partial charge on any atom is -0.165 e. The van der Waals surface area contributed by atoms with Crippen molar-refractivity contribution in [2.45, 2.75) is 12.8 Å². The third kappa shape index (κ3) is 1.41. The highest BCUT2D eigenvalue weighted by Crippen LogP contribution is 2.48. The van der Waals surface area contributed by atoms with Gasteiger partial charge in [-0.25, -0.2) is 0 Å². The molecule has 1 aliphatic rings. The lowest BCUT2D eigenvalue weighted by molar-refractivity contribution is 0.687. The van der Waals surface area contributed by atoms with E-state index in [0.717, 1.165) is 5.41 Å². The van der Waals surface area contributed by atoms with Crippen LogP contribution in [0.4, 0.5) is 0 Å². The molecule has 1 fully saturated rings. The van der Waals surface area contributed by atoms with Gasteiger partial charge in [-0.3, -0.25) is 0 Å². The second-order valence-corrected chi connectivity index (χ2v) is 3.99. The quantitative estimate of drug-likeness (QED) is 0.623. The molecule has 0 aromatic heterocycles. The van der Waals surface area contributed by atoms with Crippen molar-refractivity contribution >= 4 is 27.7 Å². The van der Waals surface area contributed by atoms with E-state index in [9.17, 15) is 0 Å². The van der Waals surface area contributed by atoms with Crippen LogP contribution in [-0.2, 0) is 0 Å². The van der Waals surface area contributed by atoms with E-state index in [0.29, 0.717) is 0 Å². The first-order chi connectivity index (χ1) is 3.83. The van der Waals surface area contributed by atoms with E-state index in [4.69, 9.17) is 0 Å². The van der Waals surface area contributed by atoms with Crippen molar-refractivity contribution in [3.63, 3.8) is 0 Å². The highest BCUT2D eigenvalue weighted by molar-refractivity contribution is 9.09. The topological polar surface area (TPSA) is 0 Å². The van der Waals surface area contributed by atoms with Crippen molar-refractivity contribution in [1.82, 2.24) is 0 Å². The van der Waals surface area contributed by atoms with E-state index in [1.807, 2.05) is 11.8 Å². The van der Waals surface area contributed by atoms with Crippen molar-refractivity contribution < 1.29 is 0 Å². The van der Waals surface area contributed by atoms with Gasteiger partial charge >= 0.3 is 0 Å². The summed E-state index contributed by atoms with van der Waals surface area (Å²) in [4.78, 5) is 0. The normalized spacial score (nSPS) is 23.2. The lowest BCUT2D eigenvalue weighted by atomic mass is 10.2. The Morgan fingerprint density at radius 1 is 1.62 bits per heavy atom. The maximum atomic E-state index is 3.52. The van der Waals surface area contributed by atoms with E-state index in [2.05, 4.69) is 22.2 Å². The van der Waals surface area contributed by atoms with E-state index < -0.39 is 0 Å². The fourth-order valence-electron chi connectivity index (χ4n) is 0.800. The van der Waals surface area contributed by atoms with Crippen LogP contribution >= 0.6 is 27.7 Å².